The first kappa shape index (κ1) is 14.2. The van der Waals surface area contributed by atoms with Gasteiger partial charge in [0.2, 0.25) is 0 Å². The lowest BCUT2D eigenvalue weighted by molar-refractivity contribution is 0.176. The van der Waals surface area contributed by atoms with Gasteiger partial charge in [0.15, 0.2) is 0 Å². The van der Waals surface area contributed by atoms with E-state index < -0.39 is 0 Å². The van der Waals surface area contributed by atoms with Crippen LogP contribution in [0.4, 0.5) is 4.79 Å². The van der Waals surface area contributed by atoms with Gasteiger partial charge in [-0.1, -0.05) is 6.92 Å². The minimum Gasteiger partial charge on any atom is -0.334 e. The van der Waals surface area contributed by atoms with E-state index in [1.165, 1.54) is 6.33 Å². The average molecular weight is 283 g/mol. The summed E-state index contributed by atoms with van der Waals surface area (Å²) in [5, 5.41) is 7.56. The fourth-order valence-corrected chi connectivity index (χ4v) is 3.27. The molecular formula is C12H21N5OS. The number of urea groups is 1. The van der Waals surface area contributed by atoms with E-state index >= 15 is 0 Å². The van der Waals surface area contributed by atoms with Gasteiger partial charge in [-0.2, -0.15) is 16.9 Å². The molecule has 1 aromatic rings. The monoisotopic (exact) mass is 283 g/mol. The van der Waals surface area contributed by atoms with Crippen molar-refractivity contribution in [3.05, 3.63) is 12.7 Å². The SMILES string of the molecule is C[C@H](Cn1cncn1)NC(=O)N1CCS[C@@H](C)[C@@H]1C. The Bertz CT molecular complexity index is 410. The van der Waals surface area contributed by atoms with Gasteiger partial charge in [0.25, 0.3) is 0 Å². The molecule has 1 N–H and O–H groups in total. The number of amides is 2. The van der Waals surface area contributed by atoms with Gasteiger partial charge in [-0.05, 0) is 13.8 Å². The third kappa shape index (κ3) is 3.62. The maximum Gasteiger partial charge on any atom is 0.317 e. The molecule has 2 amide bonds. The lowest BCUT2D eigenvalue weighted by Gasteiger charge is -2.38. The molecule has 6 nitrogen and oxygen atoms in total. The van der Waals surface area contributed by atoms with Crippen LogP contribution >= 0.6 is 11.8 Å². The Morgan fingerprint density at radius 1 is 1.58 bits per heavy atom. The van der Waals surface area contributed by atoms with E-state index in [4.69, 9.17) is 0 Å². The predicted octanol–water partition coefficient (Wildman–Crippen LogP) is 1.20. The van der Waals surface area contributed by atoms with Crippen molar-refractivity contribution in [1.82, 2.24) is 25.0 Å². The van der Waals surface area contributed by atoms with Gasteiger partial charge in [0.1, 0.15) is 12.7 Å². The molecule has 0 spiro atoms. The number of aromatic nitrogens is 3. The second-order valence-electron chi connectivity index (χ2n) is 4.98. The highest BCUT2D eigenvalue weighted by Crippen LogP contribution is 2.24. The van der Waals surface area contributed by atoms with E-state index in [0.717, 1.165) is 12.3 Å². The highest BCUT2D eigenvalue weighted by molar-refractivity contribution is 8.00. The van der Waals surface area contributed by atoms with Crippen molar-refractivity contribution in [1.29, 1.82) is 0 Å². The van der Waals surface area contributed by atoms with Crippen LogP contribution in [0.3, 0.4) is 0 Å². The number of carbonyl (C=O) groups excluding carboxylic acids is 1. The second kappa shape index (κ2) is 6.27. The molecule has 1 saturated heterocycles. The van der Waals surface area contributed by atoms with Crippen molar-refractivity contribution < 1.29 is 4.79 Å². The first-order valence-electron chi connectivity index (χ1n) is 6.59. The van der Waals surface area contributed by atoms with Crippen LogP contribution in [0.5, 0.6) is 0 Å². The molecule has 0 bridgehead atoms. The van der Waals surface area contributed by atoms with Crippen molar-refractivity contribution >= 4 is 17.8 Å². The quantitative estimate of drug-likeness (QED) is 0.905. The number of hydrogen-bond donors (Lipinski definition) is 1. The van der Waals surface area contributed by atoms with E-state index in [1.807, 2.05) is 23.6 Å². The lowest BCUT2D eigenvalue weighted by atomic mass is 10.2. The van der Waals surface area contributed by atoms with Gasteiger partial charge in [0, 0.05) is 29.6 Å². The molecule has 19 heavy (non-hydrogen) atoms. The summed E-state index contributed by atoms with van der Waals surface area (Å²) < 4.78 is 1.73. The highest BCUT2D eigenvalue weighted by Gasteiger charge is 2.29. The van der Waals surface area contributed by atoms with Crippen LogP contribution in [0.15, 0.2) is 12.7 Å². The molecule has 0 radical (unpaired) electrons. The number of nitrogens with zero attached hydrogens (tertiary/aromatic N) is 4. The van der Waals surface area contributed by atoms with Crippen LogP contribution in [-0.4, -0.2) is 55.3 Å². The second-order valence-corrected chi connectivity index (χ2v) is 6.46. The summed E-state index contributed by atoms with van der Waals surface area (Å²) in [6, 6.07) is 0.330. The summed E-state index contributed by atoms with van der Waals surface area (Å²) in [5.74, 6) is 1.01. The van der Waals surface area contributed by atoms with Crippen molar-refractivity contribution in [2.75, 3.05) is 12.3 Å². The summed E-state index contributed by atoms with van der Waals surface area (Å²) in [6.07, 6.45) is 3.16. The Balaban J connectivity index is 1.86. The molecule has 0 unspecified atom stereocenters. The van der Waals surface area contributed by atoms with Crippen LogP contribution in [0.1, 0.15) is 20.8 Å². The van der Waals surface area contributed by atoms with Crippen LogP contribution in [0, 0.1) is 0 Å². The first-order chi connectivity index (χ1) is 9.08. The van der Waals surface area contributed by atoms with Gasteiger partial charge in [-0.25, -0.2) is 9.78 Å². The van der Waals surface area contributed by atoms with Gasteiger partial charge in [0.05, 0.1) is 6.54 Å². The molecule has 1 fully saturated rings. The third-order valence-electron chi connectivity index (χ3n) is 3.44. The number of hydrogen-bond acceptors (Lipinski definition) is 4. The Labute approximate surface area is 117 Å². The van der Waals surface area contributed by atoms with Gasteiger partial charge in [-0.3, -0.25) is 4.68 Å². The van der Waals surface area contributed by atoms with E-state index in [0.29, 0.717) is 11.8 Å². The molecule has 0 saturated carbocycles. The molecular weight excluding hydrogens is 262 g/mol. The maximum atomic E-state index is 12.3. The minimum atomic E-state index is 0.0206. The summed E-state index contributed by atoms with van der Waals surface area (Å²) in [4.78, 5) is 18.1. The lowest BCUT2D eigenvalue weighted by Crippen LogP contribution is -2.53. The molecule has 2 heterocycles. The summed E-state index contributed by atoms with van der Waals surface area (Å²) in [7, 11) is 0. The number of thioether (sulfide) groups is 1. The van der Waals surface area contributed by atoms with Gasteiger partial charge < -0.3 is 10.2 Å². The summed E-state index contributed by atoms with van der Waals surface area (Å²) >= 11 is 1.93. The fourth-order valence-electron chi connectivity index (χ4n) is 2.17. The maximum absolute atomic E-state index is 12.3. The number of rotatable bonds is 3. The van der Waals surface area contributed by atoms with Gasteiger partial charge >= 0.3 is 6.03 Å². The zero-order chi connectivity index (χ0) is 13.8. The Kier molecular flexibility index (Phi) is 4.68. The van der Waals surface area contributed by atoms with Crippen LogP contribution in [0.25, 0.3) is 0 Å². The molecule has 2 rings (SSSR count). The molecule has 106 valence electrons. The molecule has 0 aromatic carbocycles. The zero-order valence-electron chi connectivity index (χ0n) is 11.6. The Morgan fingerprint density at radius 3 is 3.05 bits per heavy atom. The topological polar surface area (TPSA) is 63.1 Å². The smallest absolute Gasteiger partial charge is 0.317 e. The van der Waals surface area contributed by atoms with Crippen molar-refractivity contribution in [3.8, 4) is 0 Å². The normalized spacial score (nSPS) is 25.1. The molecule has 1 aliphatic heterocycles. The van der Waals surface area contributed by atoms with E-state index in [-0.39, 0.29) is 18.1 Å². The molecule has 1 aliphatic rings. The van der Waals surface area contributed by atoms with Gasteiger partial charge in [-0.15, -0.1) is 0 Å². The van der Waals surface area contributed by atoms with Crippen LogP contribution < -0.4 is 5.32 Å². The summed E-state index contributed by atoms with van der Waals surface area (Å²) in [6.45, 7) is 7.72. The fraction of sp³-hybridized carbons (Fsp3) is 0.750. The number of nitrogens with one attached hydrogen (secondary N) is 1. The van der Waals surface area contributed by atoms with E-state index in [2.05, 4.69) is 29.2 Å². The highest BCUT2D eigenvalue weighted by atomic mass is 32.2. The largest absolute Gasteiger partial charge is 0.334 e. The molecule has 0 aliphatic carbocycles. The Morgan fingerprint density at radius 2 is 2.37 bits per heavy atom. The van der Waals surface area contributed by atoms with E-state index in [9.17, 15) is 4.79 Å². The molecule has 1 aromatic heterocycles. The number of carbonyl (C=O) groups is 1. The van der Waals surface area contributed by atoms with Crippen LogP contribution in [0.2, 0.25) is 0 Å². The molecule has 3 atom stereocenters. The Hall–Kier alpha value is -1.24. The zero-order valence-corrected chi connectivity index (χ0v) is 12.4. The summed E-state index contributed by atoms with van der Waals surface area (Å²) in [5.41, 5.74) is 0. The predicted molar refractivity (Wildman–Crippen MR) is 76.1 cm³/mol. The van der Waals surface area contributed by atoms with Crippen LogP contribution in [-0.2, 0) is 6.54 Å². The van der Waals surface area contributed by atoms with Crippen molar-refractivity contribution in [2.24, 2.45) is 0 Å². The minimum absolute atomic E-state index is 0.0206. The standard InChI is InChI=1S/C12H21N5OS/c1-9(6-16-8-13-7-14-16)15-12(18)17-4-5-19-11(3)10(17)2/h7-11H,4-6H2,1-3H3,(H,15,18)/t9-,10+,11+/m1/s1. The van der Waals surface area contributed by atoms with Crippen molar-refractivity contribution in [2.45, 2.75) is 44.6 Å². The van der Waals surface area contributed by atoms with E-state index in [1.54, 1.807) is 11.0 Å². The average Bonchev–Trinajstić information content (AvgIpc) is 2.85. The van der Waals surface area contributed by atoms with Crippen molar-refractivity contribution in [3.63, 3.8) is 0 Å². The molecule has 7 heteroatoms. The first-order valence-corrected chi connectivity index (χ1v) is 7.64. The third-order valence-corrected chi connectivity index (χ3v) is 4.78.